The van der Waals surface area contributed by atoms with Gasteiger partial charge in [0, 0.05) is 30.2 Å². The van der Waals surface area contributed by atoms with Gasteiger partial charge >= 0.3 is 6.18 Å². The van der Waals surface area contributed by atoms with Crippen LogP contribution in [0, 0.1) is 0 Å². The number of aromatic nitrogens is 4. The second kappa shape index (κ2) is 9.98. The predicted octanol–water partition coefficient (Wildman–Crippen LogP) is 4.19. The standard InChI is InChI=1S/C25H27F4N7O3/c1-24(2,3)36-12-13(8-32-36)23(37)31-11-19-34-22(35-39-19)21-15(7-25(27,28)29)14-5-4-6-17(20(14)38-21)33-18-10-30-9-16(18)26/h4-6,8,12,16,18,30,33H,7,9-11H2,1-3H3,(H,31,37)/t16-,18+/m0/s1. The monoisotopic (exact) mass is 549 g/mol. The second-order valence-electron chi connectivity index (χ2n) is 10.3. The van der Waals surface area contributed by atoms with Crippen LogP contribution in [0.1, 0.15) is 42.6 Å². The molecule has 4 heterocycles. The van der Waals surface area contributed by atoms with Crippen LogP contribution in [-0.4, -0.2) is 57.3 Å². The minimum atomic E-state index is -4.55. The Morgan fingerprint density at radius 2 is 2.03 bits per heavy atom. The Morgan fingerprint density at radius 3 is 2.69 bits per heavy atom. The van der Waals surface area contributed by atoms with Gasteiger partial charge in [0.05, 0.1) is 42.0 Å². The molecule has 5 rings (SSSR count). The van der Waals surface area contributed by atoms with E-state index >= 15 is 0 Å². The van der Waals surface area contributed by atoms with Crippen LogP contribution in [0.15, 0.2) is 39.5 Å². The molecule has 0 aliphatic carbocycles. The van der Waals surface area contributed by atoms with Crippen LogP contribution < -0.4 is 16.0 Å². The third-order valence-corrected chi connectivity index (χ3v) is 6.28. The maximum Gasteiger partial charge on any atom is 0.393 e. The van der Waals surface area contributed by atoms with E-state index in [-0.39, 0.29) is 52.6 Å². The molecule has 2 atom stereocenters. The second-order valence-corrected chi connectivity index (χ2v) is 10.3. The maximum absolute atomic E-state index is 14.2. The van der Waals surface area contributed by atoms with E-state index in [9.17, 15) is 22.4 Å². The summed E-state index contributed by atoms with van der Waals surface area (Å²) in [4.78, 5) is 16.7. The van der Waals surface area contributed by atoms with Gasteiger partial charge in [-0.05, 0) is 26.8 Å². The summed E-state index contributed by atoms with van der Waals surface area (Å²) < 4.78 is 67.5. The fourth-order valence-corrected chi connectivity index (χ4v) is 4.31. The van der Waals surface area contributed by atoms with Gasteiger partial charge in [0.25, 0.3) is 5.91 Å². The number of amides is 1. The molecule has 0 bridgehead atoms. The summed E-state index contributed by atoms with van der Waals surface area (Å²) in [6.07, 6.45) is -3.98. The topological polar surface area (TPSA) is 123 Å². The minimum Gasteiger partial charge on any atom is -0.450 e. The van der Waals surface area contributed by atoms with Gasteiger partial charge in [0.2, 0.25) is 11.7 Å². The van der Waals surface area contributed by atoms with Crippen molar-refractivity contribution in [1.29, 1.82) is 0 Å². The molecule has 0 radical (unpaired) electrons. The number of carbonyl (C=O) groups is 1. The van der Waals surface area contributed by atoms with Gasteiger partial charge < -0.3 is 24.9 Å². The highest BCUT2D eigenvalue weighted by atomic mass is 19.4. The summed E-state index contributed by atoms with van der Waals surface area (Å²) in [6, 6.07) is 4.11. The number of para-hydroxylation sites is 1. The molecule has 1 fully saturated rings. The summed E-state index contributed by atoms with van der Waals surface area (Å²) in [7, 11) is 0. The van der Waals surface area contributed by atoms with Crippen molar-refractivity contribution in [2.45, 2.75) is 57.7 Å². The van der Waals surface area contributed by atoms with Gasteiger partial charge in [0.15, 0.2) is 11.3 Å². The number of benzene rings is 1. The molecule has 39 heavy (non-hydrogen) atoms. The Balaban J connectivity index is 1.40. The lowest BCUT2D eigenvalue weighted by Crippen LogP contribution is -2.29. The van der Waals surface area contributed by atoms with Crippen molar-refractivity contribution in [2.24, 2.45) is 0 Å². The lowest BCUT2D eigenvalue weighted by molar-refractivity contribution is -0.127. The molecule has 0 spiro atoms. The zero-order valence-electron chi connectivity index (χ0n) is 21.4. The molecule has 3 N–H and O–H groups in total. The summed E-state index contributed by atoms with van der Waals surface area (Å²) in [6.45, 7) is 6.19. The maximum atomic E-state index is 14.2. The van der Waals surface area contributed by atoms with Crippen molar-refractivity contribution < 1.29 is 31.3 Å². The SMILES string of the molecule is CC(C)(C)n1cc(C(=O)NCc2nc(-c3oc4c(N[C@@H]5CNC[C@@H]5F)cccc4c3CC(F)(F)F)no2)cn1. The molecule has 1 amide bonds. The number of nitrogens with one attached hydrogen (secondary N) is 3. The van der Waals surface area contributed by atoms with Gasteiger partial charge in [-0.2, -0.15) is 23.3 Å². The van der Waals surface area contributed by atoms with Crippen LogP contribution in [0.5, 0.6) is 0 Å². The highest BCUT2D eigenvalue weighted by Gasteiger charge is 2.34. The minimum absolute atomic E-state index is 0.0318. The average Bonchev–Trinajstić information content (AvgIpc) is 3.64. The number of fused-ring (bicyclic) bond motifs is 1. The van der Waals surface area contributed by atoms with E-state index in [1.807, 2.05) is 20.8 Å². The first-order valence-corrected chi connectivity index (χ1v) is 12.3. The smallest absolute Gasteiger partial charge is 0.393 e. The van der Waals surface area contributed by atoms with Crippen LogP contribution in [0.4, 0.5) is 23.2 Å². The Kier molecular flexibility index (Phi) is 6.83. The number of rotatable bonds is 7. The highest BCUT2D eigenvalue weighted by Crippen LogP contribution is 2.39. The highest BCUT2D eigenvalue weighted by molar-refractivity contribution is 5.95. The van der Waals surface area contributed by atoms with E-state index < -0.39 is 30.7 Å². The molecule has 1 aliphatic rings. The van der Waals surface area contributed by atoms with Crippen molar-refractivity contribution in [1.82, 2.24) is 30.6 Å². The van der Waals surface area contributed by atoms with Gasteiger partial charge in [-0.1, -0.05) is 17.3 Å². The Morgan fingerprint density at radius 1 is 1.23 bits per heavy atom. The predicted molar refractivity (Wildman–Crippen MR) is 133 cm³/mol. The molecule has 3 aromatic heterocycles. The molecule has 10 nitrogen and oxygen atoms in total. The first-order valence-electron chi connectivity index (χ1n) is 12.3. The van der Waals surface area contributed by atoms with Crippen molar-refractivity contribution in [3.05, 3.63) is 47.6 Å². The Bertz CT molecular complexity index is 1480. The first-order chi connectivity index (χ1) is 18.4. The molecule has 0 unspecified atom stereocenters. The quantitative estimate of drug-likeness (QED) is 0.293. The van der Waals surface area contributed by atoms with Crippen molar-refractivity contribution in [3.8, 4) is 11.6 Å². The van der Waals surface area contributed by atoms with E-state index in [1.165, 1.54) is 12.3 Å². The number of furan rings is 1. The number of hydrogen-bond acceptors (Lipinski definition) is 8. The Labute approximate surface area is 220 Å². The van der Waals surface area contributed by atoms with Crippen LogP contribution >= 0.6 is 0 Å². The fraction of sp³-hybridized carbons (Fsp3) is 0.440. The van der Waals surface area contributed by atoms with Crippen molar-refractivity contribution in [3.63, 3.8) is 0 Å². The number of halogens is 4. The number of anilines is 1. The van der Waals surface area contributed by atoms with Gasteiger partial charge in [0.1, 0.15) is 6.17 Å². The molecule has 0 saturated carbocycles. The number of hydrogen-bond donors (Lipinski definition) is 3. The number of alkyl halides is 4. The summed E-state index contributed by atoms with van der Waals surface area (Å²) >= 11 is 0. The van der Waals surface area contributed by atoms with Crippen LogP contribution in [0.3, 0.4) is 0 Å². The van der Waals surface area contributed by atoms with E-state index in [0.717, 1.165) is 0 Å². The molecule has 1 aromatic carbocycles. The Hall–Kier alpha value is -3.94. The van der Waals surface area contributed by atoms with E-state index in [2.05, 4.69) is 31.2 Å². The van der Waals surface area contributed by atoms with Crippen LogP contribution in [0.25, 0.3) is 22.6 Å². The lowest BCUT2D eigenvalue weighted by atomic mass is 10.1. The first kappa shape index (κ1) is 26.7. The zero-order valence-corrected chi connectivity index (χ0v) is 21.4. The fourth-order valence-electron chi connectivity index (χ4n) is 4.31. The third kappa shape index (κ3) is 5.75. The summed E-state index contributed by atoms with van der Waals surface area (Å²) in [5.41, 5.74) is 0.319. The zero-order chi connectivity index (χ0) is 27.9. The van der Waals surface area contributed by atoms with E-state index in [0.29, 0.717) is 17.8 Å². The summed E-state index contributed by atoms with van der Waals surface area (Å²) in [5.74, 6) is -0.886. The number of carbonyl (C=O) groups excluding carboxylic acids is 1. The van der Waals surface area contributed by atoms with E-state index in [4.69, 9.17) is 8.94 Å². The van der Waals surface area contributed by atoms with E-state index in [1.54, 1.807) is 23.0 Å². The van der Waals surface area contributed by atoms with Crippen LogP contribution in [0.2, 0.25) is 0 Å². The molecular formula is C25H27F4N7O3. The molecule has 4 aromatic rings. The van der Waals surface area contributed by atoms with Gasteiger partial charge in [-0.15, -0.1) is 0 Å². The molecule has 14 heteroatoms. The number of nitrogens with zero attached hydrogens (tertiary/aromatic N) is 4. The third-order valence-electron chi connectivity index (χ3n) is 6.28. The summed E-state index contributed by atoms with van der Waals surface area (Å²) in [5, 5.41) is 16.7. The van der Waals surface area contributed by atoms with Gasteiger partial charge in [-0.3, -0.25) is 9.48 Å². The van der Waals surface area contributed by atoms with Crippen molar-refractivity contribution >= 4 is 22.6 Å². The largest absolute Gasteiger partial charge is 0.450 e. The molecule has 208 valence electrons. The van der Waals surface area contributed by atoms with Crippen molar-refractivity contribution in [2.75, 3.05) is 18.4 Å². The van der Waals surface area contributed by atoms with Crippen LogP contribution in [-0.2, 0) is 18.5 Å². The average molecular weight is 550 g/mol. The molecule has 1 saturated heterocycles. The molecular weight excluding hydrogens is 522 g/mol. The lowest BCUT2D eigenvalue weighted by Gasteiger charge is -2.18. The van der Waals surface area contributed by atoms with Gasteiger partial charge in [-0.25, -0.2) is 4.39 Å². The normalized spacial score (nSPS) is 18.1. The molecule has 1 aliphatic heterocycles.